The topological polar surface area (TPSA) is 36.1 Å². The average molecular weight is 167 g/mol. The third-order valence-corrected chi connectivity index (χ3v) is 1.60. The molecule has 0 unspecified atom stereocenters. The first-order chi connectivity index (χ1) is 5.68. The maximum absolute atomic E-state index is 8.93. The predicted molar refractivity (Wildman–Crippen MR) is 45.8 cm³/mol. The van der Waals surface area contributed by atoms with Crippen LogP contribution in [0.1, 0.15) is 19.4 Å². The summed E-state index contributed by atoms with van der Waals surface area (Å²) in [5.41, 5.74) is 1.18. The van der Waals surface area contributed by atoms with Crippen molar-refractivity contribution in [3.05, 3.63) is 30.1 Å². The molecule has 0 aliphatic rings. The largest absolute Gasteiger partial charge is 0.310 e. The van der Waals surface area contributed by atoms with Crippen molar-refractivity contribution < 1.29 is 9.94 Å². The minimum absolute atomic E-state index is 0.492. The van der Waals surface area contributed by atoms with Crippen LogP contribution in [0.5, 0.6) is 0 Å². The van der Waals surface area contributed by atoms with Gasteiger partial charge in [-0.3, -0.25) is 5.21 Å². The third kappa shape index (κ3) is 2.88. The van der Waals surface area contributed by atoms with Crippen molar-refractivity contribution in [3.63, 3.8) is 0 Å². The van der Waals surface area contributed by atoms with Crippen molar-refractivity contribution in [3.8, 4) is 0 Å². The fraction of sp³-hybridized carbons (Fsp3) is 0.444. The first kappa shape index (κ1) is 9.00. The zero-order valence-corrected chi connectivity index (χ0v) is 7.49. The van der Waals surface area contributed by atoms with Gasteiger partial charge >= 0.3 is 0 Å². The second kappa shape index (κ2) is 4.07. The summed E-state index contributed by atoms with van der Waals surface area (Å²) in [5, 5.41) is 12.2. The van der Waals surface area contributed by atoms with Gasteiger partial charge in [-0.15, -0.1) is 0 Å². The van der Waals surface area contributed by atoms with Crippen LogP contribution < -0.4 is 10.0 Å². The molecule has 0 bridgehead atoms. The summed E-state index contributed by atoms with van der Waals surface area (Å²) in [7, 11) is 0. The van der Waals surface area contributed by atoms with Gasteiger partial charge in [0, 0.05) is 29.4 Å². The second-order valence-electron chi connectivity index (χ2n) is 3.12. The van der Waals surface area contributed by atoms with E-state index >= 15 is 0 Å². The van der Waals surface area contributed by atoms with Crippen molar-refractivity contribution >= 4 is 0 Å². The van der Waals surface area contributed by atoms with Crippen LogP contribution >= 0.6 is 0 Å². The summed E-state index contributed by atoms with van der Waals surface area (Å²) in [6.45, 7) is 5.06. The molecule has 0 aromatic carbocycles. The molecule has 0 saturated heterocycles. The molecule has 12 heavy (non-hydrogen) atoms. The zero-order valence-electron chi connectivity index (χ0n) is 7.49. The van der Waals surface area contributed by atoms with Crippen LogP contribution in [0.25, 0.3) is 0 Å². The van der Waals surface area contributed by atoms with Crippen LogP contribution in [0.3, 0.4) is 0 Å². The summed E-state index contributed by atoms with van der Waals surface area (Å²) < 4.78 is 1.04. The smallest absolute Gasteiger partial charge is 0.222 e. The summed E-state index contributed by atoms with van der Waals surface area (Å²) in [6.07, 6.45) is 3.24. The Balaban J connectivity index is 2.48. The lowest BCUT2D eigenvalue weighted by Crippen LogP contribution is -2.29. The SMILES string of the molecule is CC(C)NCc1cc[n+](O)cc1. The minimum atomic E-state index is 0.492. The molecular formula is C9H15N2O+. The molecule has 0 atom stereocenters. The molecule has 0 spiro atoms. The van der Waals surface area contributed by atoms with E-state index in [4.69, 9.17) is 5.21 Å². The Kier molecular flexibility index (Phi) is 3.05. The Hall–Kier alpha value is -1.09. The summed E-state index contributed by atoms with van der Waals surface area (Å²) >= 11 is 0. The van der Waals surface area contributed by atoms with Crippen LogP contribution in [0, 0.1) is 0 Å². The third-order valence-electron chi connectivity index (χ3n) is 1.60. The molecule has 1 aromatic heterocycles. The predicted octanol–water partition coefficient (Wildman–Crippen LogP) is 0.709. The van der Waals surface area contributed by atoms with Gasteiger partial charge in [0.05, 0.1) is 0 Å². The van der Waals surface area contributed by atoms with Gasteiger partial charge in [-0.2, -0.15) is 0 Å². The number of nitrogens with zero attached hydrogens (tertiary/aromatic N) is 1. The van der Waals surface area contributed by atoms with Gasteiger partial charge in [-0.25, -0.2) is 0 Å². The summed E-state index contributed by atoms with van der Waals surface area (Å²) in [4.78, 5) is 0. The van der Waals surface area contributed by atoms with Gasteiger partial charge < -0.3 is 5.32 Å². The van der Waals surface area contributed by atoms with E-state index in [0.717, 1.165) is 11.3 Å². The Bertz CT molecular complexity index is 231. The lowest BCUT2D eigenvalue weighted by atomic mass is 10.2. The number of pyridine rings is 1. The Morgan fingerprint density at radius 3 is 2.50 bits per heavy atom. The van der Waals surface area contributed by atoms with E-state index in [-0.39, 0.29) is 0 Å². The molecule has 1 rings (SSSR count). The molecule has 0 radical (unpaired) electrons. The first-order valence-corrected chi connectivity index (χ1v) is 4.11. The van der Waals surface area contributed by atoms with E-state index in [9.17, 15) is 0 Å². The molecule has 3 heteroatoms. The number of nitrogens with one attached hydrogen (secondary N) is 1. The van der Waals surface area contributed by atoms with Crippen molar-refractivity contribution in [2.75, 3.05) is 0 Å². The van der Waals surface area contributed by atoms with Crippen LogP contribution in [-0.2, 0) is 6.54 Å². The van der Waals surface area contributed by atoms with Crippen LogP contribution in [0.2, 0.25) is 0 Å². The first-order valence-electron chi connectivity index (χ1n) is 4.11. The van der Waals surface area contributed by atoms with Gasteiger partial charge in [0.2, 0.25) is 12.4 Å². The number of aromatic nitrogens is 1. The minimum Gasteiger partial charge on any atom is -0.310 e. The van der Waals surface area contributed by atoms with E-state index < -0.39 is 0 Å². The quantitative estimate of drug-likeness (QED) is 0.514. The highest BCUT2D eigenvalue weighted by Gasteiger charge is 1.98. The van der Waals surface area contributed by atoms with Gasteiger partial charge in [0.25, 0.3) is 0 Å². The number of hydrogen-bond donors (Lipinski definition) is 2. The highest BCUT2D eigenvalue weighted by Crippen LogP contribution is 1.94. The second-order valence-corrected chi connectivity index (χ2v) is 3.12. The molecule has 1 heterocycles. The Morgan fingerprint density at radius 1 is 1.42 bits per heavy atom. The van der Waals surface area contributed by atoms with Crippen molar-refractivity contribution in [2.24, 2.45) is 0 Å². The van der Waals surface area contributed by atoms with E-state index in [1.54, 1.807) is 12.4 Å². The fourth-order valence-electron chi connectivity index (χ4n) is 0.889. The van der Waals surface area contributed by atoms with E-state index in [2.05, 4.69) is 19.2 Å². The molecule has 3 nitrogen and oxygen atoms in total. The molecule has 0 fully saturated rings. The van der Waals surface area contributed by atoms with Crippen LogP contribution in [0.4, 0.5) is 0 Å². The van der Waals surface area contributed by atoms with Crippen LogP contribution in [0.15, 0.2) is 24.5 Å². The molecule has 0 aliphatic carbocycles. The normalized spacial score (nSPS) is 10.6. The Morgan fingerprint density at radius 2 is 2.00 bits per heavy atom. The molecule has 66 valence electrons. The van der Waals surface area contributed by atoms with Crippen molar-refractivity contribution in [1.29, 1.82) is 0 Å². The summed E-state index contributed by atoms with van der Waals surface area (Å²) in [6, 6.07) is 4.26. The molecule has 0 amide bonds. The number of hydrogen-bond acceptors (Lipinski definition) is 2. The Labute approximate surface area is 72.6 Å². The van der Waals surface area contributed by atoms with Gasteiger partial charge in [0.15, 0.2) is 0 Å². The van der Waals surface area contributed by atoms with Gasteiger partial charge in [-0.05, 0) is 5.56 Å². The molecule has 2 N–H and O–H groups in total. The van der Waals surface area contributed by atoms with E-state index in [1.165, 1.54) is 5.56 Å². The van der Waals surface area contributed by atoms with Gasteiger partial charge in [-0.1, -0.05) is 13.8 Å². The highest BCUT2D eigenvalue weighted by molar-refractivity contribution is 5.06. The average Bonchev–Trinajstić information content (AvgIpc) is 2.03. The summed E-state index contributed by atoms with van der Waals surface area (Å²) in [5.74, 6) is 0. The standard InChI is InChI=1S/C9H15N2O/c1-8(2)10-7-9-3-5-11(12)6-4-9/h3-6,8,10,12H,7H2,1-2H3/q+1. The molecule has 0 saturated carbocycles. The monoisotopic (exact) mass is 167 g/mol. The van der Waals surface area contributed by atoms with E-state index in [1.807, 2.05) is 12.1 Å². The zero-order chi connectivity index (χ0) is 8.97. The molecular weight excluding hydrogens is 152 g/mol. The maximum atomic E-state index is 8.93. The van der Waals surface area contributed by atoms with Crippen molar-refractivity contribution in [2.45, 2.75) is 26.4 Å². The molecule has 1 aromatic rings. The number of rotatable bonds is 3. The van der Waals surface area contributed by atoms with Gasteiger partial charge in [0.1, 0.15) is 0 Å². The highest BCUT2D eigenvalue weighted by atomic mass is 16.5. The molecule has 0 aliphatic heterocycles. The van der Waals surface area contributed by atoms with Crippen LogP contribution in [-0.4, -0.2) is 11.2 Å². The lowest BCUT2D eigenvalue weighted by Gasteiger charge is -2.06. The van der Waals surface area contributed by atoms with Crippen molar-refractivity contribution in [1.82, 2.24) is 5.32 Å². The maximum Gasteiger partial charge on any atom is 0.222 e. The fourth-order valence-corrected chi connectivity index (χ4v) is 0.889. The lowest BCUT2D eigenvalue weighted by molar-refractivity contribution is -0.904. The van der Waals surface area contributed by atoms with E-state index in [0.29, 0.717) is 6.04 Å².